The molecule has 1 fully saturated rings. The molecule has 6 nitrogen and oxygen atoms in total. The van der Waals surface area contributed by atoms with Crippen molar-refractivity contribution in [2.45, 2.75) is 26.2 Å². The molecule has 1 N–H and O–H groups in total. The van der Waals surface area contributed by atoms with Gasteiger partial charge in [0.1, 0.15) is 11.4 Å². The molecule has 0 bridgehead atoms. The molecular formula is C22H27N3O3. The molecule has 0 aliphatic carbocycles. The molecule has 3 rings (SSSR count). The lowest BCUT2D eigenvalue weighted by Gasteiger charge is -2.30. The summed E-state index contributed by atoms with van der Waals surface area (Å²) in [7, 11) is 1.63. The number of hydrogen-bond acceptors (Lipinski definition) is 4. The summed E-state index contributed by atoms with van der Waals surface area (Å²) >= 11 is 0. The van der Waals surface area contributed by atoms with Gasteiger partial charge in [-0.1, -0.05) is 19.1 Å². The van der Waals surface area contributed by atoms with Crippen LogP contribution < -0.4 is 10.1 Å². The van der Waals surface area contributed by atoms with Gasteiger partial charge in [-0.2, -0.15) is 0 Å². The van der Waals surface area contributed by atoms with Crippen LogP contribution in [0.4, 0.5) is 0 Å². The number of aromatic nitrogens is 1. The largest absolute Gasteiger partial charge is 0.497 e. The van der Waals surface area contributed by atoms with Crippen LogP contribution in [0.25, 0.3) is 0 Å². The Balaban J connectivity index is 1.56. The summed E-state index contributed by atoms with van der Waals surface area (Å²) < 4.78 is 5.21. The molecular weight excluding hydrogens is 354 g/mol. The summed E-state index contributed by atoms with van der Waals surface area (Å²) in [5.41, 5.74) is 1.87. The average molecular weight is 381 g/mol. The van der Waals surface area contributed by atoms with E-state index in [1.807, 2.05) is 29.2 Å². The topological polar surface area (TPSA) is 71.5 Å². The Morgan fingerprint density at radius 1 is 1.21 bits per heavy atom. The Labute approximate surface area is 165 Å². The van der Waals surface area contributed by atoms with Crippen LogP contribution in [0.1, 0.15) is 46.2 Å². The Hall–Kier alpha value is -2.89. The maximum atomic E-state index is 12.7. The quantitative estimate of drug-likeness (QED) is 0.835. The number of carbonyl (C=O) groups is 2. The number of methoxy groups -OCH3 is 1. The van der Waals surface area contributed by atoms with Crippen molar-refractivity contribution in [3.8, 4) is 5.75 Å². The molecule has 0 saturated carbocycles. The lowest BCUT2D eigenvalue weighted by atomic mass is 9.99. The number of pyridine rings is 1. The van der Waals surface area contributed by atoms with E-state index in [9.17, 15) is 9.59 Å². The third kappa shape index (κ3) is 5.09. The first kappa shape index (κ1) is 19.9. The summed E-state index contributed by atoms with van der Waals surface area (Å²) in [6.07, 6.45) is 4.24. The second-order valence-corrected chi connectivity index (χ2v) is 7.26. The molecule has 1 aliphatic heterocycles. The van der Waals surface area contributed by atoms with Gasteiger partial charge in [0, 0.05) is 31.4 Å². The molecule has 2 aromatic rings. The van der Waals surface area contributed by atoms with E-state index in [1.54, 1.807) is 19.2 Å². The maximum Gasteiger partial charge on any atom is 0.272 e. The van der Waals surface area contributed by atoms with Gasteiger partial charge in [0.25, 0.3) is 11.8 Å². The Morgan fingerprint density at radius 3 is 2.75 bits per heavy atom. The number of carbonyl (C=O) groups excluding carboxylic acids is 2. The number of rotatable bonds is 6. The molecule has 148 valence electrons. The third-order valence-electron chi connectivity index (χ3n) is 5.15. The predicted molar refractivity (Wildman–Crippen MR) is 108 cm³/mol. The summed E-state index contributed by atoms with van der Waals surface area (Å²) in [5.74, 6) is 1.15. The number of nitrogens with one attached hydrogen (secondary N) is 1. The second kappa shape index (κ2) is 9.35. The number of likely N-dealkylation sites (tertiary alicyclic amines) is 1. The first-order valence-electron chi connectivity index (χ1n) is 9.73. The minimum atomic E-state index is -0.202. The highest BCUT2D eigenvalue weighted by Crippen LogP contribution is 2.18. The van der Waals surface area contributed by atoms with Crippen LogP contribution in [0.3, 0.4) is 0 Å². The lowest BCUT2D eigenvalue weighted by Crippen LogP contribution is -2.38. The average Bonchev–Trinajstić information content (AvgIpc) is 2.74. The predicted octanol–water partition coefficient (Wildman–Crippen LogP) is 2.93. The Kier molecular flexibility index (Phi) is 6.63. The highest BCUT2D eigenvalue weighted by Gasteiger charge is 2.22. The number of benzene rings is 1. The van der Waals surface area contributed by atoms with Crippen molar-refractivity contribution in [1.29, 1.82) is 0 Å². The minimum absolute atomic E-state index is 0.0991. The molecule has 1 aliphatic rings. The third-order valence-corrected chi connectivity index (χ3v) is 5.15. The van der Waals surface area contributed by atoms with Gasteiger partial charge in [-0.3, -0.25) is 14.6 Å². The van der Waals surface area contributed by atoms with Crippen LogP contribution in [0.2, 0.25) is 0 Å². The van der Waals surface area contributed by atoms with Crippen molar-refractivity contribution in [2.24, 2.45) is 5.92 Å². The fourth-order valence-electron chi connectivity index (χ4n) is 3.31. The monoisotopic (exact) mass is 381 g/mol. The number of amides is 2. The minimum Gasteiger partial charge on any atom is -0.497 e. The number of piperidine rings is 1. The zero-order valence-electron chi connectivity index (χ0n) is 16.5. The first-order valence-corrected chi connectivity index (χ1v) is 9.73. The molecule has 1 saturated heterocycles. The van der Waals surface area contributed by atoms with E-state index in [2.05, 4.69) is 17.2 Å². The highest BCUT2D eigenvalue weighted by atomic mass is 16.5. The SMILES string of the molecule is COc1cccc(CCNC(=O)c2ccnc(C(=O)N3CCC(C)CC3)c2)c1. The van der Waals surface area contributed by atoms with Crippen LogP contribution in [0.5, 0.6) is 5.75 Å². The second-order valence-electron chi connectivity index (χ2n) is 7.26. The van der Waals surface area contributed by atoms with Gasteiger partial charge in [-0.25, -0.2) is 0 Å². The molecule has 1 aromatic carbocycles. The van der Waals surface area contributed by atoms with Gasteiger partial charge >= 0.3 is 0 Å². The standard InChI is InChI=1S/C22H27N3O3/c1-16-8-12-25(13-9-16)22(27)20-15-18(7-11-23-20)21(26)24-10-6-17-4-3-5-19(14-17)28-2/h3-5,7,11,14-16H,6,8-10,12-13H2,1-2H3,(H,24,26). The van der Waals surface area contributed by atoms with Gasteiger partial charge in [0.05, 0.1) is 7.11 Å². The van der Waals surface area contributed by atoms with Gasteiger partial charge in [-0.15, -0.1) is 0 Å². The highest BCUT2D eigenvalue weighted by molar-refractivity contribution is 5.98. The molecule has 1 aromatic heterocycles. The normalized spacial score (nSPS) is 14.6. The van der Waals surface area contributed by atoms with Crippen molar-refractivity contribution in [1.82, 2.24) is 15.2 Å². The van der Waals surface area contributed by atoms with Gasteiger partial charge in [-0.05, 0) is 55.0 Å². The summed E-state index contributed by atoms with van der Waals surface area (Å²) in [5, 5.41) is 2.90. The van der Waals surface area contributed by atoms with Gasteiger partial charge < -0.3 is 15.0 Å². The van der Waals surface area contributed by atoms with Crippen LogP contribution in [0, 0.1) is 5.92 Å². The lowest BCUT2D eigenvalue weighted by molar-refractivity contribution is 0.0691. The molecule has 0 spiro atoms. The smallest absolute Gasteiger partial charge is 0.272 e. The van der Waals surface area contributed by atoms with Crippen molar-refractivity contribution in [3.63, 3.8) is 0 Å². The Morgan fingerprint density at radius 2 is 2.00 bits per heavy atom. The van der Waals surface area contributed by atoms with Crippen LogP contribution >= 0.6 is 0 Å². The molecule has 0 radical (unpaired) electrons. The number of nitrogens with zero attached hydrogens (tertiary/aromatic N) is 2. The van der Waals surface area contributed by atoms with Gasteiger partial charge in [0.2, 0.25) is 0 Å². The van der Waals surface area contributed by atoms with Crippen LogP contribution in [-0.4, -0.2) is 48.4 Å². The Bertz CT molecular complexity index is 829. The van der Waals surface area contributed by atoms with Crippen LogP contribution in [-0.2, 0) is 6.42 Å². The van der Waals surface area contributed by atoms with E-state index in [0.29, 0.717) is 30.1 Å². The van der Waals surface area contributed by atoms with E-state index < -0.39 is 0 Å². The van der Waals surface area contributed by atoms with E-state index in [0.717, 1.165) is 37.2 Å². The molecule has 2 heterocycles. The summed E-state index contributed by atoms with van der Waals surface area (Å²) in [4.78, 5) is 31.1. The summed E-state index contributed by atoms with van der Waals surface area (Å²) in [6, 6.07) is 11.0. The molecule has 28 heavy (non-hydrogen) atoms. The van der Waals surface area contributed by atoms with E-state index in [-0.39, 0.29) is 11.8 Å². The van der Waals surface area contributed by atoms with Crippen molar-refractivity contribution in [2.75, 3.05) is 26.7 Å². The number of hydrogen-bond donors (Lipinski definition) is 1. The maximum absolute atomic E-state index is 12.7. The van der Waals surface area contributed by atoms with Crippen molar-refractivity contribution >= 4 is 11.8 Å². The van der Waals surface area contributed by atoms with Crippen LogP contribution in [0.15, 0.2) is 42.6 Å². The molecule has 2 amide bonds. The summed E-state index contributed by atoms with van der Waals surface area (Å²) in [6.45, 7) is 4.20. The van der Waals surface area contributed by atoms with E-state index >= 15 is 0 Å². The fraction of sp³-hybridized carbons (Fsp3) is 0.409. The van der Waals surface area contributed by atoms with E-state index in [4.69, 9.17) is 4.74 Å². The van der Waals surface area contributed by atoms with E-state index in [1.165, 1.54) is 6.20 Å². The van der Waals surface area contributed by atoms with Crippen molar-refractivity contribution < 1.29 is 14.3 Å². The zero-order chi connectivity index (χ0) is 19.9. The number of ether oxygens (including phenoxy) is 1. The van der Waals surface area contributed by atoms with Gasteiger partial charge in [0.15, 0.2) is 0 Å². The zero-order valence-corrected chi connectivity index (χ0v) is 16.5. The molecule has 0 atom stereocenters. The first-order chi connectivity index (χ1) is 13.6. The van der Waals surface area contributed by atoms with Crippen molar-refractivity contribution in [3.05, 3.63) is 59.4 Å². The molecule has 0 unspecified atom stereocenters. The molecule has 6 heteroatoms. The fourth-order valence-corrected chi connectivity index (χ4v) is 3.31.